The van der Waals surface area contributed by atoms with Gasteiger partial charge in [0.15, 0.2) is 6.29 Å². The van der Waals surface area contributed by atoms with Crippen molar-refractivity contribution in [3.8, 4) is 0 Å². The molecule has 3 heteroatoms. The summed E-state index contributed by atoms with van der Waals surface area (Å²) in [6.07, 6.45) is 9.24. The van der Waals surface area contributed by atoms with Gasteiger partial charge in [0.25, 0.3) is 0 Å². The molecule has 2 atom stereocenters. The number of benzene rings is 2. The Kier molecular flexibility index (Phi) is 9.74. The van der Waals surface area contributed by atoms with Crippen LogP contribution < -0.4 is 0 Å². The molecule has 2 unspecified atom stereocenters. The smallest absolute Gasteiger partial charge is 0.160 e. The molecule has 2 aromatic rings. The van der Waals surface area contributed by atoms with Gasteiger partial charge in [-0.3, -0.25) is 0 Å². The Morgan fingerprint density at radius 1 is 0.700 bits per heavy atom. The molecular weight excluding hydrogens is 372 g/mol. The van der Waals surface area contributed by atoms with Crippen molar-refractivity contribution in [2.24, 2.45) is 0 Å². The molecule has 0 aliphatic carbocycles. The van der Waals surface area contributed by atoms with E-state index in [0.29, 0.717) is 0 Å². The molecule has 0 bridgehead atoms. The minimum atomic E-state index is -1.35. The summed E-state index contributed by atoms with van der Waals surface area (Å²) >= 11 is 0. The standard InChI is InChI=1S/C27H38O3/c1-26(22-28,23-16-10-8-11-17-23)20-14-6-4-3-5-7-15-21-27(2,25(29)30)24-18-12-9-13-19-24/h8-13,16-19,22,25,29-30H,3-7,14-15,20-21H2,1-2H3. The molecule has 0 fully saturated rings. The number of rotatable bonds is 14. The topological polar surface area (TPSA) is 57.5 Å². The Morgan fingerprint density at radius 3 is 1.60 bits per heavy atom. The average Bonchev–Trinajstić information content (AvgIpc) is 2.78. The Hall–Kier alpha value is -1.97. The number of hydrogen-bond donors (Lipinski definition) is 2. The van der Waals surface area contributed by atoms with Gasteiger partial charge in [0.2, 0.25) is 0 Å². The third-order valence-electron chi connectivity index (χ3n) is 6.59. The zero-order chi connectivity index (χ0) is 21.9. The maximum absolute atomic E-state index is 11.7. The molecule has 0 amide bonds. The molecule has 0 aromatic heterocycles. The monoisotopic (exact) mass is 410 g/mol. The van der Waals surface area contributed by atoms with E-state index in [0.717, 1.165) is 62.4 Å². The summed E-state index contributed by atoms with van der Waals surface area (Å²) in [6, 6.07) is 19.9. The molecule has 0 radical (unpaired) electrons. The first-order chi connectivity index (χ1) is 14.4. The van der Waals surface area contributed by atoms with Gasteiger partial charge in [-0.1, -0.05) is 113 Å². The normalized spacial score (nSPS) is 15.5. The predicted molar refractivity (Wildman–Crippen MR) is 123 cm³/mol. The number of unbranched alkanes of at least 4 members (excludes halogenated alkanes) is 6. The first-order valence-electron chi connectivity index (χ1n) is 11.4. The Morgan fingerprint density at radius 2 is 1.13 bits per heavy atom. The Bertz CT molecular complexity index is 728. The second kappa shape index (κ2) is 12.0. The Balaban J connectivity index is 1.63. The fourth-order valence-electron chi connectivity index (χ4n) is 4.20. The summed E-state index contributed by atoms with van der Waals surface area (Å²) in [7, 11) is 0. The predicted octanol–water partition coefficient (Wildman–Crippen LogP) is 5.92. The zero-order valence-corrected chi connectivity index (χ0v) is 18.6. The fourth-order valence-corrected chi connectivity index (χ4v) is 4.20. The summed E-state index contributed by atoms with van der Waals surface area (Å²) in [4.78, 5) is 11.7. The van der Waals surface area contributed by atoms with Crippen LogP contribution in [0, 0.1) is 0 Å². The van der Waals surface area contributed by atoms with E-state index < -0.39 is 11.7 Å². The minimum Gasteiger partial charge on any atom is -0.367 e. The van der Waals surface area contributed by atoms with E-state index in [1.54, 1.807) is 0 Å². The van der Waals surface area contributed by atoms with Crippen LogP contribution in [-0.4, -0.2) is 22.8 Å². The maximum atomic E-state index is 11.7. The summed E-state index contributed by atoms with van der Waals surface area (Å²) in [5.41, 5.74) is 1.09. The molecule has 2 rings (SSSR count). The van der Waals surface area contributed by atoms with E-state index in [2.05, 4.69) is 0 Å². The van der Waals surface area contributed by atoms with Crippen molar-refractivity contribution in [1.82, 2.24) is 0 Å². The molecule has 0 aliphatic heterocycles. The van der Waals surface area contributed by atoms with Gasteiger partial charge >= 0.3 is 0 Å². The Labute approximate surface area is 182 Å². The number of aldehydes is 1. The van der Waals surface area contributed by atoms with E-state index in [-0.39, 0.29) is 5.41 Å². The molecule has 2 aromatic carbocycles. The van der Waals surface area contributed by atoms with Crippen LogP contribution in [0.3, 0.4) is 0 Å². The van der Waals surface area contributed by atoms with E-state index in [4.69, 9.17) is 0 Å². The van der Waals surface area contributed by atoms with Crippen LogP contribution in [0.5, 0.6) is 0 Å². The lowest BCUT2D eigenvalue weighted by atomic mass is 9.77. The minimum absolute atomic E-state index is 0.381. The van der Waals surface area contributed by atoms with Crippen LogP contribution in [0.2, 0.25) is 0 Å². The van der Waals surface area contributed by atoms with Gasteiger partial charge in [0.05, 0.1) is 0 Å². The van der Waals surface area contributed by atoms with Gasteiger partial charge < -0.3 is 15.0 Å². The molecule has 0 saturated carbocycles. The third kappa shape index (κ3) is 6.78. The number of carbonyl (C=O) groups excluding carboxylic acids is 1. The SMILES string of the molecule is CC(C=O)(CCCCCCCCCC(C)(c1ccccc1)C(O)O)c1ccccc1. The third-order valence-corrected chi connectivity index (χ3v) is 6.59. The van der Waals surface area contributed by atoms with Gasteiger partial charge in [-0.2, -0.15) is 0 Å². The zero-order valence-electron chi connectivity index (χ0n) is 18.6. The van der Waals surface area contributed by atoms with Crippen molar-refractivity contribution in [3.63, 3.8) is 0 Å². The fraction of sp³-hybridized carbons (Fsp3) is 0.519. The van der Waals surface area contributed by atoms with Crippen LogP contribution in [-0.2, 0) is 15.6 Å². The van der Waals surface area contributed by atoms with Crippen LogP contribution in [0.4, 0.5) is 0 Å². The van der Waals surface area contributed by atoms with Gasteiger partial charge in [0, 0.05) is 10.8 Å². The molecule has 3 nitrogen and oxygen atoms in total. The largest absolute Gasteiger partial charge is 0.367 e. The highest BCUT2D eigenvalue weighted by Crippen LogP contribution is 2.33. The summed E-state index contributed by atoms with van der Waals surface area (Å²) in [5, 5.41) is 19.8. The molecule has 0 spiro atoms. The molecule has 30 heavy (non-hydrogen) atoms. The van der Waals surface area contributed by atoms with E-state index in [1.807, 2.05) is 74.5 Å². The highest BCUT2D eigenvalue weighted by Gasteiger charge is 2.33. The van der Waals surface area contributed by atoms with Crippen LogP contribution in [0.25, 0.3) is 0 Å². The average molecular weight is 411 g/mol. The molecule has 0 heterocycles. The lowest BCUT2D eigenvalue weighted by Gasteiger charge is -2.32. The van der Waals surface area contributed by atoms with Crippen molar-refractivity contribution >= 4 is 6.29 Å². The molecule has 2 N–H and O–H groups in total. The second-order valence-electron chi connectivity index (χ2n) is 9.03. The van der Waals surface area contributed by atoms with E-state index in [1.165, 1.54) is 12.8 Å². The van der Waals surface area contributed by atoms with Gasteiger partial charge in [-0.25, -0.2) is 0 Å². The van der Waals surface area contributed by atoms with Crippen LogP contribution in [0.15, 0.2) is 60.7 Å². The van der Waals surface area contributed by atoms with E-state index >= 15 is 0 Å². The highest BCUT2D eigenvalue weighted by atomic mass is 16.5. The lowest BCUT2D eigenvalue weighted by molar-refractivity contribution is -0.112. The summed E-state index contributed by atoms with van der Waals surface area (Å²) in [6.45, 7) is 3.97. The maximum Gasteiger partial charge on any atom is 0.160 e. The number of aliphatic hydroxyl groups excluding tert-OH is 1. The van der Waals surface area contributed by atoms with Crippen molar-refractivity contribution in [1.29, 1.82) is 0 Å². The first kappa shape index (κ1) is 24.3. The van der Waals surface area contributed by atoms with Crippen molar-refractivity contribution in [2.45, 2.75) is 88.8 Å². The van der Waals surface area contributed by atoms with Crippen LogP contribution >= 0.6 is 0 Å². The van der Waals surface area contributed by atoms with Crippen molar-refractivity contribution < 1.29 is 15.0 Å². The highest BCUT2D eigenvalue weighted by molar-refractivity contribution is 5.67. The number of hydrogen-bond acceptors (Lipinski definition) is 3. The molecular formula is C27H38O3. The lowest BCUT2D eigenvalue weighted by Crippen LogP contribution is -2.36. The van der Waals surface area contributed by atoms with Gasteiger partial charge in [-0.15, -0.1) is 0 Å². The molecule has 0 saturated heterocycles. The second-order valence-corrected chi connectivity index (χ2v) is 9.03. The summed E-state index contributed by atoms with van der Waals surface area (Å²) in [5.74, 6) is 0. The van der Waals surface area contributed by atoms with E-state index in [9.17, 15) is 15.0 Å². The summed E-state index contributed by atoms with van der Waals surface area (Å²) < 4.78 is 0. The number of aliphatic hydroxyl groups is 2. The van der Waals surface area contributed by atoms with Crippen LogP contribution in [0.1, 0.15) is 82.8 Å². The van der Waals surface area contributed by atoms with Crippen molar-refractivity contribution in [2.75, 3.05) is 0 Å². The first-order valence-corrected chi connectivity index (χ1v) is 11.4. The number of carbonyl (C=O) groups is 1. The van der Waals surface area contributed by atoms with Gasteiger partial charge in [0.1, 0.15) is 6.29 Å². The quantitative estimate of drug-likeness (QED) is 0.231. The van der Waals surface area contributed by atoms with Gasteiger partial charge in [-0.05, 0) is 30.9 Å². The molecule has 0 aliphatic rings. The molecule has 164 valence electrons. The van der Waals surface area contributed by atoms with Crippen molar-refractivity contribution in [3.05, 3.63) is 71.8 Å².